The lowest BCUT2D eigenvalue weighted by Gasteiger charge is -2.03. The van der Waals surface area contributed by atoms with Gasteiger partial charge in [-0.1, -0.05) is 36.4 Å². The van der Waals surface area contributed by atoms with Crippen LogP contribution in [0.1, 0.15) is 18.9 Å². The molecule has 0 radical (unpaired) electrons. The predicted molar refractivity (Wildman–Crippen MR) is 61.3 cm³/mol. The molecule has 1 aliphatic rings. The lowest BCUT2D eigenvalue weighted by atomic mass is 10.0. The van der Waals surface area contributed by atoms with Crippen molar-refractivity contribution in [2.24, 2.45) is 4.99 Å². The van der Waals surface area contributed by atoms with Crippen molar-refractivity contribution in [2.75, 3.05) is 0 Å². The highest BCUT2D eigenvalue weighted by Crippen LogP contribution is 2.20. The Bertz CT molecular complexity index is 397. The first-order valence-electron chi connectivity index (χ1n) is 4.81. The molecule has 1 aromatic rings. The molecule has 70 valence electrons. The quantitative estimate of drug-likeness (QED) is 0.632. The molecule has 1 aliphatic heterocycles. The van der Waals surface area contributed by atoms with Crippen LogP contribution < -0.4 is 0 Å². The van der Waals surface area contributed by atoms with Crippen molar-refractivity contribution < 1.29 is 0 Å². The smallest absolute Gasteiger partial charge is 0.0375 e. The van der Waals surface area contributed by atoms with E-state index >= 15 is 0 Å². The van der Waals surface area contributed by atoms with Crippen molar-refractivity contribution in [1.29, 1.82) is 0 Å². The molecular weight excluding hydrogens is 170 g/mol. The highest BCUT2D eigenvalue weighted by atomic mass is 14.7. The average Bonchev–Trinajstić information content (AvgIpc) is 2.44. The lowest BCUT2D eigenvalue weighted by Crippen LogP contribution is -1.87. The number of hydrogen-bond acceptors (Lipinski definition) is 1. The van der Waals surface area contributed by atoms with Crippen molar-refractivity contribution in [3.05, 3.63) is 54.2 Å². The van der Waals surface area contributed by atoms with Crippen molar-refractivity contribution in [1.82, 2.24) is 0 Å². The Morgan fingerprint density at radius 2 is 1.93 bits per heavy atom. The molecule has 0 amide bonds. The van der Waals surface area contributed by atoms with Gasteiger partial charge in [0.25, 0.3) is 0 Å². The molecule has 0 bridgehead atoms. The van der Waals surface area contributed by atoms with Gasteiger partial charge in [0.15, 0.2) is 0 Å². The van der Waals surface area contributed by atoms with Crippen LogP contribution in [0.5, 0.6) is 0 Å². The number of hydrogen-bond donors (Lipinski definition) is 0. The zero-order valence-electron chi connectivity index (χ0n) is 8.27. The summed E-state index contributed by atoms with van der Waals surface area (Å²) in [6.45, 7) is 2.03. The highest BCUT2D eigenvalue weighted by molar-refractivity contribution is 6.00. The van der Waals surface area contributed by atoms with Crippen LogP contribution in [0.3, 0.4) is 0 Å². The summed E-state index contributed by atoms with van der Waals surface area (Å²) in [5.74, 6) is 0. The number of aliphatic imine (C=N–C) groups is 1. The molecule has 14 heavy (non-hydrogen) atoms. The molecule has 0 aliphatic carbocycles. The first kappa shape index (κ1) is 8.95. The fourth-order valence-electron chi connectivity index (χ4n) is 1.55. The van der Waals surface area contributed by atoms with E-state index in [0.717, 1.165) is 12.1 Å². The average molecular weight is 183 g/mol. The second kappa shape index (κ2) is 4.05. The molecule has 0 saturated heterocycles. The molecule has 0 saturated carbocycles. The van der Waals surface area contributed by atoms with E-state index in [1.54, 1.807) is 0 Å². The molecule has 1 aromatic carbocycles. The van der Waals surface area contributed by atoms with Crippen LogP contribution in [0.25, 0.3) is 5.57 Å². The second-order valence-corrected chi connectivity index (χ2v) is 3.39. The Hall–Kier alpha value is -1.63. The van der Waals surface area contributed by atoms with E-state index in [-0.39, 0.29) is 0 Å². The van der Waals surface area contributed by atoms with Gasteiger partial charge in [0.1, 0.15) is 0 Å². The highest BCUT2D eigenvalue weighted by Gasteiger charge is 2.01. The van der Waals surface area contributed by atoms with Gasteiger partial charge in [0.2, 0.25) is 0 Å². The molecule has 0 spiro atoms. The summed E-state index contributed by atoms with van der Waals surface area (Å²) in [7, 11) is 0. The fourth-order valence-corrected chi connectivity index (χ4v) is 1.55. The Balaban J connectivity index is 2.36. The summed E-state index contributed by atoms with van der Waals surface area (Å²) in [5, 5.41) is 0. The van der Waals surface area contributed by atoms with E-state index in [1.165, 1.54) is 11.1 Å². The van der Waals surface area contributed by atoms with Gasteiger partial charge in [-0.2, -0.15) is 0 Å². The minimum Gasteiger partial charge on any atom is -0.262 e. The molecule has 1 heterocycles. The molecule has 1 nitrogen and oxygen atoms in total. The summed E-state index contributed by atoms with van der Waals surface area (Å²) in [6, 6.07) is 10.4. The third-order valence-corrected chi connectivity index (χ3v) is 2.25. The lowest BCUT2D eigenvalue weighted by molar-refractivity contribution is 1.38. The number of benzene rings is 1. The standard InChI is InChI=1S/C13H13N/c1-11-10-13(8-5-9-14-11)12-6-3-2-4-7-12/h2-7,9-10H,8H2,1H3. The maximum absolute atomic E-state index is 4.26. The van der Waals surface area contributed by atoms with Gasteiger partial charge >= 0.3 is 0 Å². The van der Waals surface area contributed by atoms with Crippen LogP contribution >= 0.6 is 0 Å². The molecule has 0 aromatic heterocycles. The summed E-state index contributed by atoms with van der Waals surface area (Å²) in [6.07, 6.45) is 7.08. The molecule has 0 fully saturated rings. The van der Waals surface area contributed by atoms with Crippen molar-refractivity contribution >= 4 is 11.3 Å². The second-order valence-electron chi connectivity index (χ2n) is 3.39. The van der Waals surface area contributed by atoms with Crippen LogP contribution in [-0.2, 0) is 0 Å². The third kappa shape index (κ3) is 1.99. The Labute approximate surface area is 84.5 Å². The first-order valence-corrected chi connectivity index (χ1v) is 4.81. The van der Waals surface area contributed by atoms with Gasteiger partial charge in [-0.05, 0) is 30.6 Å². The minimum atomic E-state index is 0.963. The zero-order valence-corrected chi connectivity index (χ0v) is 8.27. The summed E-state index contributed by atoms with van der Waals surface area (Å²) < 4.78 is 0. The maximum Gasteiger partial charge on any atom is 0.0375 e. The molecule has 0 atom stereocenters. The maximum atomic E-state index is 4.26. The molecule has 0 N–H and O–H groups in total. The van der Waals surface area contributed by atoms with Gasteiger partial charge in [0, 0.05) is 11.9 Å². The van der Waals surface area contributed by atoms with E-state index in [1.807, 2.05) is 19.2 Å². The summed E-state index contributed by atoms with van der Waals surface area (Å²) in [5.41, 5.74) is 3.69. The van der Waals surface area contributed by atoms with Crippen LogP contribution in [0.2, 0.25) is 0 Å². The zero-order chi connectivity index (χ0) is 9.80. The normalized spacial score (nSPS) is 15.8. The molecule has 0 unspecified atom stereocenters. The van der Waals surface area contributed by atoms with Crippen LogP contribution in [-0.4, -0.2) is 5.71 Å². The van der Waals surface area contributed by atoms with Crippen LogP contribution in [0.4, 0.5) is 0 Å². The SMILES string of the molecule is CC1=NC=CCC(c2ccccc2)=C1. The van der Waals surface area contributed by atoms with Gasteiger partial charge < -0.3 is 0 Å². The van der Waals surface area contributed by atoms with Crippen LogP contribution in [0.15, 0.2) is 53.7 Å². The Morgan fingerprint density at radius 3 is 2.71 bits per heavy atom. The van der Waals surface area contributed by atoms with E-state index in [0.29, 0.717) is 0 Å². The van der Waals surface area contributed by atoms with Crippen molar-refractivity contribution in [3.8, 4) is 0 Å². The predicted octanol–water partition coefficient (Wildman–Crippen LogP) is 3.45. The number of rotatable bonds is 1. The molecule has 2 rings (SSSR count). The van der Waals surface area contributed by atoms with E-state index in [4.69, 9.17) is 0 Å². The van der Waals surface area contributed by atoms with Crippen LogP contribution in [0, 0.1) is 0 Å². The summed E-state index contributed by atoms with van der Waals surface area (Å²) >= 11 is 0. The van der Waals surface area contributed by atoms with E-state index in [9.17, 15) is 0 Å². The Kier molecular flexibility index (Phi) is 2.59. The first-order chi connectivity index (χ1) is 6.86. The van der Waals surface area contributed by atoms with Gasteiger partial charge in [-0.25, -0.2) is 0 Å². The van der Waals surface area contributed by atoms with Crippen molar-refractivity contribution in [3.63, 3.8) is 0 Å². The van der Waals surface area contributed by atoms with Crippen molar-refractivity contribution in [2.45, 2.75) is 13.3 Å². The number of allylic oxidation sites excluding steroid dienone is 3. The topological polar surface area (TPSA) is 12.4 Å². The monoisotopic (exact) mass is 183 g/mol. The van der Waals surface area contributed by atoms with Gasteiger partial charge in [-0.15, -0.1) is 0 Å². The minimum absolute atomic E-state index is 0.963. The van der Waals surface area contributed by atoms with E-state index < -0.39 is 0 Å². The largest absolute Gasteiger partial charge is 0.262 e. The molecule has 1 heteroatoms. The van der Waals surface area contributed by atoms with E-state index in [2.05, 4.69) is 41.4 Å². The third-order valence-electron chi connectivity index (χ3n) is 2.25. The molecular formula is C13H13N. The fraction of sp³-hybridized carbons (Fsp3) is 0.154. The summed E-state index contributed by atoms with van der Waals surface area (Å²) in [4.78, 5) is 4.26. The Morgan fingerprint density at radius 1 is 1.14 bits per heavy atom. The van der Waals surface area contributed by atoms with Gasteiger partial charge in [-0.3, -0.25) is 4.99 Å². The number of nitrogens with zero attached hydrogens (tertiary/aromatic N) is 1. The van der Waals surface area contributed by atoms with Gasteiger partial charge in [0.05, 0.1) is 0 Å².